The van der Waals surface area contributed by atoms with Crippen LogP contribution < -0.4 is 11.1 Å². The van der Waals surface area contributed by atoms with Crippen molar-refractivity contribution in [1.82, 2.24) is 5.32 Å². The summed E-state index contributed by atoms with van der Waals surface area (Å²) in [5.74, 6) is 1.17. The summed E-state index contributed by atoms with van der Waals surface area (Å²) in [6.45, 7) is 4.44. The molecule has 0 saturated heterocycles. The van der Waals surface area contributed by atoms with Crippen molar-refractivity contribution in [2.45, 2.75) is 31.2 Å². The summed E-state index contributed by atoms with van der Waals surface area (Å²) in [4.78, 5) is 13.6. The van der Waals surface area contributed by atoms with Gasteiger partial charge in [-0.3, -0.25) is 4.79 Å². The van der Waals surface area contributed by atoms with Crippen LogP contribution in [0, 0.1) is 11.8 Å². The molecule has 1 aromatic carbocycles. The van der Waals surface area contributed by atoms with Crippen LogP contribution in [0.25, 0.3) is 0 Å². The number of benzene rings is 1. The number of halogens is 1. The highest BCUT2D eigenvalue weighted by atomic mass is 35.5. The van der Waals surface area contributed by atoms with E-state index in [1.807, 2.05) is 43.8 Å². The molecule has 1 amide bonds. The predicted molar refractivity (Wildman–Crippen MR) is 85.1 cm³/mol. The van der Waals surface area contributed by atoms with E-state index >= 15 is 0 Å². The average molecular weight is 313 g/mol. The van der Waals surface area contributed by atoms with Gasteiger partial charge in [0.25, 0.3) is 0 Å². The van der Waals surface area contributed by atoms with Crippen LogP contribution in [0.3, 0.4) is 0 Å². The Morgan fingerprint density at radius 3 is 2.95 bits per heavy atom. The average Bonchev–Trinajstić information content (AvgIpc) is 2.39. The van der Waals surface area contributed by atoms with Crippen molar-refractivity contribution in [3.05, 3.63) is 28.8 Å². The number of fused-ring (bicyclic) bond motifs is 1. The van der Waals surface area contributed by atoms with E-state index in [0.29, 0.717) is 11.6 Å². The molecule has 0 fully saturated rings. The van der Waals surface area contributed by atoms with Crippen molar-refractivity contribution in [2.75, 3.05) is 12.3 Å². The van der Waals surface area contributed by atoms with Crippen LogP contribution in [0.15, 0.2) is 23.1 Å². The molecule has 0 aliphatic carbocycles. The molecule has 1 heterocycles. The quantitative estimate of drug-likeness (QED) is 0.897. The van der Waals surface area contributed by atoms with Crippen LogP contribution in [0.1, 0.15) is 31.9 Å². The van der Waals surface area contributed by atoms with Gasteiger partial charge in [-0.05, 0) is 36.1 Å². The van der Waals surface area contributed by atoms with Gasteiger partial charge in [0, 0.05) is 22.2 Å². The minimum atomic E-state index is -0.132. The highest BCUT2D eigenvalue weighted by molar-refractivity contribution is 7.99. The first-order valence-electron chi connectivity index (χ1n) is 6.95. The number of amides is 1. The Balaban J connectivity index is 2.15. The molecule has 2 rings (SSSR count). The van der Waals surface area contributed by atoms with E-state index < -0.39 is 0 Å². The molecule has 0 aromatic heterocycles. The summed E-state index contributed by atoms with van der Waals surface area (Å²) in [7, 11) is 0. The van der Waals surface area contributed by atoms with Crippen molar-refractivity contribution in [2.24, 2.45) is 17.6 Å². The first kappa shape index (κ1) is 15.7. The lowest BCUT2D eigenvalue weighted by atomic mass is 9.94. The summed E-state index contributed by atoms with van der Waals surface area (Å²) in [6.07, 6.45) is 0.930. The Morgan fingerprint density at radius 2 is 2.30 bits per heavy atom. The Hall–Kier alpha value is -0.710. The Bertz CT molecular complexity index is 493. The maximum Gasteiger partial charge on any atom is 0.225 e. The molecule has 110 valence electrons. The highest BCUT2D eigenvalue weighted by Crippen LogP contribution is 2.37. The Labute approximate surface area is 129 Å². The molecule has 0 saturated carbocycles. The van der Waals surface area contributed by atoms with Crippen molar-refractivity contribution in [1.29, 1.82) is 0 Å². The zero-order chi connectivity index (χ0) is 14.7. The third-order valence-corrected chi connectivity index (χ3v) is 5.08. The van der Waals surface area contributed by atoms with Gasteiger partial charge in [0.2, 0.25) is 5.91 Å². The topological polar surface area (TPSA) is 55.1 Å². The van der Waals surface area contributed by atoms with Crippen LogP contribution in [-0.4, -0.2) is 18.2 Å². The molecule has 3 nitrogen and oxygen atoms in total. The fourth-order valence-corrected chi connectivity index (χ4v) is 3.76. The van der Waals surface area contributed by atoms with Crippen molar-refractivity contribution < 1.29 is 4.79 Å². The van der Waals surface area contributed by atoms with E-state index in [-0.39, 0.29) is 23.8 Å². The van der Waals surface area contributed by atoms with Gasteiger partial charge in [0.15, 0.2) is 0 Å². The van der Waals surface area contributed by atoms with Crippen LogP contribution in [0.4, 0.5) is 0 Å². The smallest absolute Gasteiger partial charge is 0.225 e. The number of hydrogen-bond acceptors (Lipinski definition) is 3. The van der Waals surface area contributed by atoms with Gasteiger partial charge in [0.1, 0.15) is 0 Å². The SMILES string of the molecule is CC(C)C(CN)C(=O)NC1CCSc2ccc(Cl)cc21. The van der Waals surface area contributed by atoms with Crippen LogP contribution in [0.2, 0.25) is 5.02 Å². The number of carbonyl (C=O) groups excluding carboxylic acids is 1. The van der Waals surface area contributed by atoms with Gasteiger partial charge in [-0.2, -0.15) is 0 Å². The summed E-state index contributed by atoms with van der Waals surface area (Å²) < 4.78 is 0. The normalized spacial score (nSPS) is 19.6. The summed E-state index contributed by atoms with van der Waals surface area (Å²) >= 11 is 7.89. The van der Waals surface area contributed by atoms with E-state index in [4.69, 9.17) is 17.3 Å². The molecule has 20 heavy (non-hydrogen) atoms. The second-order valence-electron chi connectivity index (χ2n) is 5.47. The van der Waals surface area contributed by atoms with Gasteiger partial charge >= 0.3 is 0 Å². The van der Waals surface area contributed by atoms with E-state index in [2.05, 4.69) is 5.32 Å². The summed E-state index contributed by atoms with van der Waals surface area (Å²) in [5, 5.41) is 3.86. The molecule has 0 spiro atoms. The van der Waals surface area contributed by atoms with Gasteiger partial charge in [0.05, 0.1) is 12.0 Å². The van der Waals surface area contributed by atoms with E-state index in [1.165, 1.54) is 4.90 Å². The largest absolute Gasteiger partial charge is 0.349 e. The molecule has 2 unspecified atom stereocenters. The second kappa shape index (κ2) is 6.83. The highest BCUT2D eigenvalue weighted by Gasteiger charge is 2.27. The van der Waals surface area contributed by atoms with Crippen LogP contribution in [-0.2, 0) is 4.79 Å². The third-order valence-electron chi connectivity index (χ3n) is 3.72. The van der Waals surface area contributed by atoms with Crippen LogP contribution in [0.5, 0.6) is 0 Å². The van der Waals surface area contributed by atoms with Gasteiger partial charge in [-0.15, -0.1) is 11.8 Å². The lowest BCUT2D eigenvalue weighted by Crippen LogP contribution is -2.40. The molecule has 1 aliphatic heterocycles. The number of nitrogens with two attached hydrogens (primary N) is 1. The molecular weight excluding hydrogens is 292 g/mol. The number of hydrogen-bond donors (Lipinski definition) is 2. The number of rotatable bonds is 4. The maximum absolute atomic E-state index is 12.3. The van der Waals surface area contributed by atoms with Crippen LogP contribution >= 0.6 is 23.4 Å². The van der Waals surface area contributed by atoms with E-state index in [1.54, 1.807) is 0 Å². The molecule has 3 N–H and O–H groups in total. The second-order valence-corrected chi connectivity index (χ2v) is 7.04. The molecule has 0 radical (unpaired) electrons. The van der Waals surface area contributed by atoms with Gasteiger partial charge in [-0.25, -0.2) is 0 Å². The minimum absolute atomic E-state index is 0.0465. The summed E-state index contributed by atoms with van der Waals surface area (Å²) in [6, 6.07) is 5.93. The van der Waals surface area contributed by atoms with E-state index in [9.17, 15) is 4.79 Å². The van der Waals surface area contributed by atoms with Crippen molar-refractivity contribution in [3.63, 3.8) is 0 Å². The first-order valence-corrected chi connectivity index (χ1v) is 8.32. The molecule has 2 atom stereocenters. The number of thioether (sulfide) groups is 1. The molecule has 5 heteroatoms. The zero-order valence-corrected chi connectivity index (χ0v) is 13.4. The minimum Gasteiger partial charge on any atom is -0.349 e. The van der Waals surface area contributed by atoms with Gasteiger partial charge < -0.3 is 11.1 Å². The predicted octanol–water partition coefficient (Wildman–Crippen LogP) is 3.22. The molecule has 1 aliphatic rings. The third kappa shape index (κ3) is 3.48. The Morgan fingerprint density at radius 1 is 1.55 bits per heavy atom. The Kier molecular flexibility index (Phi) is 5.35. The van der Waals surface area contributed by atoms with Crippen molar-refractivity contribution >= 4 is 29.3 Å². The first-order chi connectivity index (χ1) is 9.52. The van der Waals surface area contributed by atoms with Gasteiger partial charge in [-0.1, -0.05) is 25.4 Å². The fourth-order valence-electron chi connectivity index (χ4n) is 2.48. The lowest BCUT2D eigenvalue weighted by molar-refractivity contribution is -0.126. The maximum atomic E-state index is 12.3. The zero-order valence-electron chi connectivity index (χ0n) is 11.9. The standard InChI is InChI=1S/C15H21ClN2OS/c1-9(2)12(8-17)15(19)18-13-5-6-20-14-4-3-10(16)7-11(13)14/h3-4,7,9,12-13H,5-6,8,17H2,1-2H3,(H,18,19). The molecule has 0 bridgehead atoms. The van der Waals surface area contributed by atoms with E-state index in [0.717, 1.165) is 17.7 Å². The molecular formula is C15H21ClN2OS. The molecule has 1 aromatic rings. The number of nitrogens with one attached hydrogen (secondary N) is 1. The monoisotopic (exact) mass is 312 g/mol. The van der Waals surface area contributed by atoms with Crippen molar-refractivity contribution in [3.8, 4) is 0 Å². The summed E-state index contributed by atoms with van der Waals surface area (Å²) in [5.41, 5.74) is 6.84. The number of carbonyl (C=O) groups is 1. The lowest BCUT2D eigenvalue weighted by Gasteiger charge is -2.28. The fraction of sp³-hybridized carbons (Fsp3) is 0.533.